The van der Waals surface area contributed by atoms with Crippen molar-refractivity contribution in [2.75, 3.05) is 27.1 Å². The van der Waals surface area contributed by atoms with Crippen molar-refractivity contribution in [2.24, 2.45) is 0 Å². The quantitative estimate of drug-likeness (QED) is 0.626. The van der Waals surface area contributed by atoms with Gasteiger partial charge in [0.15, 0.2) is 5.78 Å². The van der Waals surface area contributed by atoms with Crippen LogP contribution in [0.3, 0.4) is 0 Å². The van der Waals surface area contributed by atoms with Gasteiger partial charge >= 0.3 is 0 Å². The van der Waals surface area contributed by atoms with Crippen LogP contribution >= 0.6 is 12.6 Å². The number of ether oxygens (including phenoxy) is 3. The van der Waals surface area contributed by atoms with E-state index >= 15 is 0 Å². The van der Waals surface area contributed by atoms with Crippen LogP contribution in [0.15, 0.2) is 12.1 Å². The smallest absolute Gasteiger partial charge is 0.171 e. The SMILES string of the molecule is COc1cc(OC)c(C(=O)CCS)c(OC)c1. The summed E-state index contributed by atoms with van der Waals surface area (Å²) in [5.41, 5.74) is 0.435. The Hall–Kier alpha value is -1.36. The Morgan fingerprint density at radius 2 is 1.65 bits per heavy atom. The van der Waals surface area contributed by atoms with Crippen molar-refractivity contribution in [3.63, 3.8) is 0 Å². The maximum Gasteiger partial charge on any atom is 0.171 e. The molecule has 0 unspecified atom stereocenters. The lowest BCUT2D eigenvalue weighted by Gasteiger charge is -2.13. The Balaban J connectivity index is 3.29. The van der Waals surface area contributed by atoms with Gasteiger partial charge < -0.3 is 14.2 Å². The van der Waals surface area contributed by atoms with E-state index in [-0.39, 0.29) is 5.78 Å². The molecule has 0 N–H and O–H groups in total. The molecular weight excluding hydrogens is 240 g/mol. The fourth-order valence-corrected chi connectivity index (χ4v) is 1.71. The van der Waals surface area contributed by atoms with Crippen molar-refractivity contribution in [3.8, 4) is 17.2 Å². The standard InChI is InChI=1S/C12H16O4S/c1-14-8-6-10(15-2)12(9(13)4-5-17)11(7-8)16-3/h6-7,17H,4-5H2,1-3H3. The first kappa shape index (κ1) is 13.7. The molecule has 0 bridgehead atoms. The molecule has 94 valence electrons. The number of rotatable bonds is 6. The Morgan fingerprint density at radius 3 is 2.00 bits per heavy atom. The highest BCUT2D eigenvalue weighted by molar-refractivity contribution is 7.80. The third-order valence-electron chi connectivity index (χ3n) is 2.33. The van der Waals surface area contributed by atoms with E-state index in [9.17, 15) is 4.79 Å². The van der Waals surface area contributed by atoms with Gasteiger partial charge in [-0.15, -0.1) is 0 Å². The summed E-state index contributed by atoms with van der Waals surface area (Å²) in [4.78, 5) is 12.0. The average Bonchev–Trinajstić information content (AvgIpc) is 2.37. The number of ketones is 1. The Kier molecular flexibility index (Phi) is 5.15. The lowest BCUT2D eigenvalue weighted by molar-refractivity contribution is 0.0983. The van der Waals surface area contributed by atoms with Gasteiger partial charge in [-0.1, -0.05) is 0 Å². The number of thiol groups is 1. The van der Waals surface area contributed by atoms with Crippen LogP contribution in [0.25, 0.3) is 0 Å². The number of carbonyl (C=O) groups is 1. The fourth-order valence-electron chi connectivity index (χ4n) is 1.51. The first-order valence-corrected chi connectivity index (χ1v) is 5.75. The molecule has 0 saturated heterocycles. The summed E-state index contributed by atoms with van der Waals surface area (Å²) in [7, 11) is 4.56. The summed E-state index contributed by atoms with van der Waals surface area (Å²) in [5.74, 6) is 1.91. The number of benzene rings is 1. The van der Waals surface area contributed by atoms with Gasteiger partial charge in [0, 0.05) is 18.6 Å². The summed E-state index contributed by atoms with van der Waals surface area (Å²) >= 11 is 4.05. The molecule has 1 rings (SSSR count). The maximum absolute atomic E-state index is 12.0. The van der Waals surface area contributed by atoms with Crippen molar-refractivity contribution in [1.29, 1.82) is 0 Å². The van der Waals surface area contributed by atoms with Crippen LogP contribution in [0.4, 0.5) is 0 Å². The molecule has 0 radical (unpaired) electrons. The van der Waals surface area contributed by atoms with E-state index in [0.29, 0.717) is 35.0 Å². The molecule has 0 aliphatic rings. The van der Waals surface area contributed by atoms with Crippen molar-refractivity contribution in [3.05, 3.63) is 17.7 Å². The highest BCUT2D eigenvalue weighted by Crippen LogP contribution is 2.34. The van der Waals surface area contributed by atoms with Crippen LogP contribution in [0.1, 0.15) is 16.8 Å². The van der Waals surface area contributed by atoms with Crippen molar-refractivity contribution >= 4 is 18.4 Å². The van der Waals surface area contributed by atoms with Gasteiger partial charge in [0.1, 0.15) is 22.8 Å². The van der Waals surface area contributed by atoms with Crippen molar-refractivity contribution in [1.82, 2.24) is 0 Å². The zero-order chi connectivity index (χ0) is 12.8. The molecule has 4 nitrogen and oxygen atoms in total. The van der Waals surface area contributed by atoms with Crippen LogP contribution in [0, 0.1) is 0 Å². The Morgan fingerprint density at radius 1 is 1.12 bits per heavy atom. The number of Topliss-reactive ketones (excluding diaryl/α,β-unsaturated/α-hetero) is 1. The van der Waals surface area contributed by atoms with Crippen LogP contribution in [-0.2, 0) is 0 Å². The molecule has 17 heavy (non-hydrogen) atoms. The summed E-state index contributed by atoms with van der Waals surface area (Å²) < 4.78 is 15.5. The molecular formula is C12H16O4S. The third kappa shape index (κ3) is 3.06. The topological polar surface area (TPSA) is 44.8 Å². The molecule has 0 spiro atoms. The first-order valence-electron chi connectivity index (χ1n) is 5.12. The van der Waals surface area contributed by atoms with E-state index in [2.05, 4.69) is 12.6 Å². The second-order valence-electron chi connectivity index (χ2n) is 3.30. The Labute approximate surface area is 106 Å². The van der Waals surface area contributed by atoms with Crippen LogP contribution in [0.2, 0.25) is 0 Å². The second kappa shape index (κ2) is 6.39. The molecule has 0 fully saturated rings. The van der Waals surface area contributed by atoms with E-state index in [1.165, 1.54) is 14.2 Å². The number of hydrogen-bond donors (Lipinski definition) is 1. The zero-order valence-corrected chi connectivity index (χ0v) is 11.0. The molecule has 0 aliphatic carbocycles. The van der Waals surface area contributed by atoms with Gasteiger partial charge in [-0.3, -0.25) is 4.79 Å². The largest absolute Gasteiger partial charge is 0.496 e. The molecule has 1 aromatic rings. The van der Waals surface area contributed by atoms with Crippen molar-refractivity contribution in [2.45, 2.75) is 6.42 Å². The summed E-state index contributed by atoms with van der Waals surface area (Å²) in [6.07, 6.45) is 0.335. The average molecular weight is 256 g/mol. The predicted octanol–water partition coefficient (Wildman–Crippen LogP) is 2.21. The number of methoxy groups -OCH3 is 3. The molecule has 0 saturated carbocycles. The second-order valence-corrected chi connectivity index (χ2v) is 3.75. The highest BCUT2D eigenvalue weighted by atomic mass is 32.1. The van der Waals surface area contributed by atoms with E-state index in [1.54, 1.807) is 19.2 Å². The lowest BCUT2D eigenvalue weighted by Crippen LogP contribution is -2.06. The van der Waals surface area contributed by atoms with E-state index in [4.69, 9.17) is 14.2 Å². The molecule has 0 heterocycles. The number of hydrogen-bond acceptors (Lipinski definition) is 5. The van der Waals surface area contributed by atoms with E-state index < -0.39 is 0 Å². The van der Waals surface area contributed by atoms with E-state index in [0.717, 1.165) is 0 Å². The highest BCUT2D eigenvalue weighted by Gasteiger charge is 2.19. The minimum absolute atomic E-state index is 0.0589. The van der Waals surface area contributed by atoms with Gasteiger partial charge in [0.25, 0.3) is 0 Å². The monoisotopic (exact) mass is 256 g/mol. The minimum Gasteiger partial charge on any atom is -0.496 e. The minimum atomic E-state index is -0.0589. The summed E-state index contributed by atoms with van der Waals surface area (Å²) in [6.45, 7) is 0. The van der Waals surface area contributed by atoms with Crippen LogP contribution in [0.5, 0.6) is 17.2 Å². The van der Waals surface area contributed by atoms with Crippen LogP contribution in [-0.4, -0.2) is 32.9 Å². The zero-order valence-electron chi connectivity index (χ0n) is 10.1. The van der Waals surface area contributed by atoms with Gasteiger partial charge in [0.05, 0.1) is 21.3 Å². The summed E-state index contributed by atoms with van der Waals surface area (Å²) in [6, 6.07) is 3.32. The van der Waals surface area contributed by atoms with Gasteiger partial charge in [-0.2, -0.15) is 12.6 Å². The van der Waals surface area contributed by atoms with E-state index in [1.807, 2.05) is 0 Å². The Bertz CT molecular complexity index is 378. The molecule has 5 heteroatoms. The normalized spacial score (nSPS) is 9.88. The third-order valence-corrected chi connectivity index (χ3v) is 2.56. The lowest BCUT2D eigenvalue weighted by atomic mass is 10.1. The molecule has 0 aromatic heterocycles. The maximum atomic E-state index is 12.0. The number of carbonyl (C=O) groups excluding carboxylic acids is 1. The molecule has 0 aliphatic heterocycles. The van der Waals surface area contributed by atoms with Gasteiger partial charge in [-0.25, -0.2) is 0 Å². The first-order chi connectivity index (χ1) is 8.17. The summed E-state index contributed by atoms with van der Waals surface area (Å²) in [5, 5.41) is 0. The van der Waals surface area contributed by atoms with Gasteiger partial charge in [0.2, 0.25) is 0 Å². The molecule has 0 amide bonds. The molecule has 1 aromatic carbocycles. The van der Waals surface area contributed by atoms with Gasteiger partial charge in [-0.05, 0) is 5.75 Å². The fraction of sp³-hybridized carbons (Fsp3) is 0.417. The van der Waals surface area contributed by atoms with Crippen LogP contribution < -0.4 is 14.2 Å². The molecule has 0 atom stereocenters. The predicted molar refractivity (Wildman–Crippen MR) is 68.9 cm³/mol. The van der Waals surface area contributed by atoms with Crippen molar-refractivity contribution < 1.29 is 19.0 Å².